The summed E-state index contributed by atoms with van der Waals surface area (Å²) in [6, 6.07) is 1.71. The van der Waals surface area contributed by atoms with Gasteiger partial charge in [-0.15, -0.1) is 0 Å². The molecule has 0 aromatic heterocycles. The molecule has 1 N–H and O–H groups in total. The van der Waals surface area contributed by atoms with E-state index >= 15 is 0 Å². The first-order chi connectivity index (χ1) is 8.81. The minimum Gasteiger partial charge on any atom is -0.314 e. The normalized spacial score (nSPS) is 35.2. The molecule has 2 saturated heterocycles. The standard InChI is InChI=1S/C15H29N3/c1-17-8-3-2-4-15(17)12-18-9-7-13(11-18)10-16-14-5-6-14/h13-16H,2-12H2,1H3. The van der Waals surface area contributed by atoms with E-state index < -0.39 is 0 Å². The quantitative estimate of drug-likeness (QED) is 0.800. The lowest BCUT2D eigenvalue weighted by Gasteiger charge is -2.35. The molecule has 3 aliphatic rings. The van der Waals surface area contributed by atoms with Gasteiger partial charge in [0.2, 0.25) is 0 Å². The third-order valence-corrected chi connectivity index (χ3v) is 5.03. The van der Waals surface area contributed by atoms with Gasteiger partial charge in [-0.25, -0.2) is 0 Å². The molecule has 1 saturated carbocycles. The van der Waals surface area contributed by atoms with Crippen LogP contribution in [-0.2, 0) is 0 Å². The highest BCUT2D eigenvalue weighted by Gasteiger charge is 2.28. The molecule has 0 radical (unpaired) electrons. The summed E-state index contributed by atoms with van der Waals surface area (Å²) in [6.07, 6.45) is 8.51. The number of nitrogens with one attached hydrogen (secondary N) is 1. The monoisotopic (exact) mass is 251 g/mol. The predicted molar refractivity (Wildman–Crippen MR) is 75.8 cm³/mol. The van der Waals surface area contributed by atoms with Crippen molar-refractivity contribution < 1.29 is 0 Å². The summed E-state index contributed by atoms with van der Waals surface area (Å²) in [5, 5.41) is 3.69. The molecule has 1 aliphatic carbocycles. The van der Waals surface area contributed by atoms with Gasteiger partial charge in [0.1, 0.15) is 0 Å². The minimum absolute atomic E-state index is 0.828. The Morgan fingerprint density at radius 1 is 1.06 bits per heavy atom. The summed E-state index contributed by atoms with van der Waals surface area (Å²) in [5.74, 6) is 0.916. The molecule has 3 heteroatoms. The fraction of sp³-hybridized carbons (Fsp3) is 1.00. The van der Waals surface area contributed by atoms with Gasteiger partial charge in [-0.1, -0.05) is 6.42 Å². The van der Waals surface area contributed by atoms with E-state index in [9.17, 15) is 0 Å². The number of hydrogen-bond donors (Lipinski definition) is 1. The van der Waals surface area contributed by atoms with Gasteiger partial charge in [0, 0.05) is 25.2 Å². The molecule has 2 atom stereocenters. The SMILES string of the molecule is CN1CCCCC1CN1CCC(CNC2CC2)C1. The van der Waals surface area contributed by atoms with Crippen LogP contribution in [0.3, 0.4) is 0 Å². The number of hydrogen-bond acceptors (Lipinski definition) is 3. The molecule has 2 heterocycles. The number of likely N-dealkylation sites (tertiary alicyclic amines) is 2. The molecule has 0 amide bonds. The Morgan fingerprint density at radius 3 is 2.72 bits per heavy atom. The van der Waals surface area contributed by atoms with E-state index in [1.807, 2.05) is 0 Å². The van der Waals surface area contributed by atoms with Crippen molar-refractivity contribution in [3.63, 3.8) is 0 Å². The van der Waals surface area contributed by atoms with Crippen LogP contribution in [0.5, 0.6) is 0 Å². The average molecular weight is 251 g/mol. The highest BCUT2D eigenvalue weighted by atomic mass is 15.2. The van der Waals surface area contributed by atoms with Gasteiger partial charge in [-0.3, -0.25) is 0 Å². The second-order valence-electron chi connectivity index (χ2n) is 6.73. The van der Waals surface area contributed by atoms with Crippen LogP contribution in [-0.4, -0.2) is 61.7 Å². The Hall–Kier alpha value is -0.120. The van der Waals surface area contributed by atoms with E-state index in [4.69, 9.17) is 0 Å². The van der Waals surface area contributed by atoms with Crippen molar-refractivity contribution in [1.82, 2.24) is 15.1 Å². The lowest BCUT2D eigenvalue weighted by atomic mass is 10.0. The first-order valence-corrected chi connectivity index (χ1v) is 7.97. The molecule has 18 heavy (non-hydrogen) atoms. The molecule has 2 aliphatic heterocycles. The molecule has 2 unspecified atom stereocenters. The third kappa shape index (κ3) is 3.46. The van der Waals surface area contributed by atoms with E-state index in [1.54, 1.807) is 0 Å². The van der Waals surface area contributed by atoms with E-state index in [0.717, 1.165) is 18.0 Å². The maximum atomic E-state index is 3.69. The maximum absolute atomic E-state index is 3.69. The van der Waals surface area contributed by atoms with Crippen molar-refractivity contribution in [3.05, 3.63) is 0 Å². The van der Waals surface area contributed by atoms with E-state index in [-0.39, 0.29) is 0 Å². The van der Waals surface area contributed by atoms with Gasteiger partial charge in [0.05, 0.1) is 0 Å². The van der Waals surface area contributed by atoms with Gasteiger partial charge >= 0.3 is 0 Å². The third-order valence-electron chi connectivity index (χ3n) is 5.03. The first kappa shape index (κ1) is 12.9. The van der Waals surface area contributed by atoms with Crippen LogP contribution in [0.4, 0.5) is 0 Å². The van der Waals surface area contributed by atoms with Crippen LogP contribution in [0.15, 0.2) is 0 Å². The lowest BCUT2D eigenvalue weighted by Crippen LogP contribution is -2.44. The van der Waals surface area contributed by atoms with Crippen LogP contribution in [0.2, 0.25) is 0 Å². The van der Waals surface area contributed by atoms with Crippen molar-refractivity contribution in [2.45, 2.75) is 50.6 Å². The summed E-state index contributed by atoms with van der Waals surface area (Å²) in [7, 11) is 2.31. The van der Waals surface area contributed by atoms with Crippen LogP contribution in [0.1, 0.15) is 38.5 Å². The van der Waals surface area contributed by atoms with Crippen LogP contribution in [0.25, 0.3) is 0 Å². The lowest BCUT2D eigenvalue weighted by molar-refractivity contribution is 0.139. The summed E-state index contributed by atoms with van der Waals surface area (Å²) < 4.78 is 0. The van der Waals surface area contributed by atoms with Crippen LogP contribution < -0.4 is 5.32 Å². The zero-order valence-electron chi connectivity index (χ0n) is 11.9. The summed E-state index contributed by atoms with van der Waals surface area (Å²) in [6.45, 7) is 6.56. The van der Waals surface area contributed by atoms with Gasteiger partial charge in [-0.05, 0) is 64.7 Å². The number of nitrogens with zero attached hydrogens (tertiary/aromatic N) is 2. The molecule has 0 aromatic carbocycles. The Kier molecular flexibility index (Phi) is 4.22. The molecular weight excluding hydrogens is 222 g/mol. The maximum Gasteiger partial charge on any atom is 0.0220 e. The van der Waals surface area contributed by atoms with E-state index in [2.05, 4.69) is 22.2 Å². The summed E-state index contributed by atoms with van der Waals surface area (Å²) in [4.78, 5) is 5.30. The zero-order valence-corrected chi connectivity index (χ0v) is 11.9. The second-order valence-corrected chi connectivity index (χ2v) is 6.73. The van der Waals surface area contributed by atoms with Crippen molar-refractivity contribution in [2.24, 2.45) is 5.92 Å². The number of rotatable bonds is 5. The Morgan fingerprint density at radius 2 is 1.94 bits per heavy atom. The second kappa shape index (κ2) is 5.89. The van der Waals surface area contributed by atoms with Crippen LogP contribution in [0, 0.1) is 5.92 Å². The number of likely N-dealkylation sites (N-methyl/N-ethyl adjacent to an activating group) is 1. The Balaban J connectivity index is 1.38. The predicted octanol–water partition coefficient (Wildman–Crippen LogP) is 1.54. The first-order valence-electron chi connectivity index (χ1n) is 7.97. The largest absolute Gasteiger partial charge is 0.314 e. The van der Waals surface area contributed by atoms with Gasteiger partial charge in [-0.2, -0.15) is 0 Å². The van der Waals surface area contributed by atoms with Gasteiger partial charge in [0.15, 0.2) is 0 Å². The van der Waals surface area contributed by atoms with Crippen molar-refractivity contribution >= 4 is 0 Å². The molecular formula is C15H29N3. The van der Waals surface area contributed by atoms with Crippen molar-refractivity contribution in [2.75, 3.05) is 39.8 Å². The molecule has 104 valence electrons. The fourth-order valence-corrected chi connectivity index (χ4v) is 3.54. The van der Waals surface area contributed by atoms with Gasteiger partial charge < -0.3 is 15.1 Å². The van der Waals surface area contributed by atoms with Crippen LogP contribution >= 0.6 is 0 Å². The van der Waals surface area contributed by atoms with Gasteiger partial charge in [0.25, 0.3) is 0 Å². The molecule has 0 aromatic rings. The van der Waals surface area contributed by atoms with E-state index in [1.165, 1.54) is 71.2 Å². The summed E-state index contributed by atoms with van der Waals surface area (Å²) in [5.41, 5.74) is 0. The minimum atomic E-state index is 0.828. The fourth-order valence-electron chi connectivity index (χ4n) is 3.54. The van der Waals surface area contributed by atoms with E-state index in [0.29, 0.717) is 0 Å². The average Bonchev–Trinajstić information content (AvgIpc) is 3.10. The number of piperidine rings is 1. The Bertz CT molecular complexity index is 264. The smallest absolute Gasteiger partial charge is 0.0220 e. The molecule has 3 fully saturated rings. The highest BCUT2D eigenvalue weighted by Crippen LogP contribution is 2.23. The molecule has 0 spiro atoms. The molecule has 3 nitrogen and oxygen atoms in total. The Labute approximate surface area is 112 Å². The molecule has 3 rings (SSSR count). The zero-order chi connectivity index (χ0) is 12.4. The summed E-state index contributed by atoms with van der Waals surface area (Å²) >= 11 is 0. The van der Waals surface area contributed by atoms with Crippen molar-refractivity contribution in [1.29, 1.82) is 0 Å². The van der Waals surface area contributed by atoms with Crippen molar-refractivity contribution in [3.8, 4) is 0 Å². The topological polar surface area (TPSA) is 18.5 Å². The highest BCUT2D eigenvalue weighted by molar-refractivity contribution is 4.86. The molecule has 0 bridgehead atoms.